The number of benzene rings is 2. The number of halogens is 6. The van der Waals surface area contributed by atoms with E-state index in [1.54, 1.807) is 48.9 Å². The van der Waals surface area contributed by atoms with Gasteiger partial charge in [-0.2, -0.15) is 18.3 Å². The van der Waals surface area contributed by atoms with Crippen molar-refractivity contribution in [2.75, 3.05) is 0 Å². The summed E-state index contributed by atoms with van der Waals surface area (Å²) in [5.41, 5.74) is 1.07. The van der Waals surface area contributed by atoms with Crippen molar-refractivity contribution in [2.45, 2.75) is 32.5 Å². The number of aromatic nitrogens is 5. The molecule has 0 unspecified atom stereocenters. The van der Waals surface area contributed by atoms with Crippen molar-refractivity contribution in [1.82, 2.24) is 25.0 Å². The lowest BCUT2D eigenvalue weighted by Crippen LogP contribution is -2.26. The molecular formula is C27H19Cl3F3N5O2. The first-order valence-corrected chi connectivity index (χ1v) is 12.8. The second-order valence-electron chi connectivity index (χ2n) is 9.24. The summed E-state index contributed by atoms with van der Waals surface area (Å²) in [5, 5.41) is 14.5. The minimum atomic E-state index is -4.51. The number of hydrogen-bond donors (Lipinski definition) is 0. The molecule has 13 heteroatoms. The average Bonchev–Trinajstić information content (AvgIpc) is 3.50. The molecule has 3 aromatic heterocycles. The minimum Gasteiger partial charge on any atom is -0.462 e. The lowest BCUT2D eigenvalue weighted by atomic mass is 10.1. The van der Waals surface area contributed by atoms with Crippen LogP contribution in [0.2, 0.25) is 15.1 Å². The summed E-state index contributed by atoms with van der Waals surface area (Å²) in [7, 11) is 0. The van der Waals surface area contributed by atoms with Gasteiger partial charge in [-0.25, -0.2) is 9.67 Å². The maximum atomic E-state index is 12.9. The summed E-state index contributed by atoms with van der Waals surface area (Å²) in [4.78, 5) is 3.76. The van der Waals surface area contributed by atoms with Crippen molar-refractivity contribution in [3.63, 3.8) is 0 Å². The number of rotatable bonds is 6. The molecule has 0 aliphatic carbocycles. The number of ether oxygens (including phenoxy) is 1. The van der Waals surface area contributed by atoms with Crippen molar-refractivity contribution in [3.05, 3.63) is 92.9 Å². The van der Waals surface area contributed by atoms with Gasteiger partial charge in [-0.3, -0.25) is 0 Å². The number of hydrogen-bond acceptors (Lipinski definition) is 6. The van der Waals surface area contributed by atoms with Crippen molar-refractivity contribution in [3.8, 4) is 34.4 Å². The Balaban J connectivity index is 1.53. The van der Waals surface area contributed by atoms with Gasteiger partial charge in [0, 0.05) is 33.4 Å². The Labute approximate surface area is 241 Å². The van der Waals surface area contributed by atoms with Crippen LogP contribution in [0.3, 0.4) is 0 Å². The maximum Gasteiger partial charge on any atom is 0.417 e. The molecule has 0 N–H and O–H groups in total. The van der Waals surface area contributed by atoms with Crippen LogP contribution in [0.1, 0.15) is 30.9 Å². The van der Waals surface area contributed by atoms with Crippen LogP contribution in [0.4, 0.5) is 13.2 Å². The van der Waals surface area contributed by atoms with Gasteiger partial charge >= 0.3 is 6.18 Å². The highest BCUT2D eigenvalue weighted by Crippen LogP contribution is 2.37. The summed E-state index contributed by atoms with van der Waals surface area (Å²) >= 11 is 18.8. The van der Waals surface area contributed by atoms with Gasteiger partial charge < -0.3 is 9.15 Å². The van der Waals surface area contributed by atoms with E-state index >= 15 is 0 Å². The fourth-order valence-corrected chi connectivity index (χ4v) is 4.56. The Morgan fingerprint density at radius 1 is 0.900 bits per heavy atom. The lowest BCUT2D eigenvalue weighted by molar-refractivity contribution is -0.137. The van der Waals surface area contributed by atoms with Crippen LogP contribution in [-0.4, -0.2) is 25.0 Å². The molecule has 0 spiro atoms. The first kappa shape index (κ1) is 27.9. The second kappa shape index (κ2) is 10.4. The second-order valence-corrected chi connectivity index (χ2v) is 10.5. The zero-order chi connectivity index (χ0) is 28.8. The molecule has 0 fully saturated rings. The van der Waals surface area contributed by atoms with E-state index in [-0.39, 0.29) is 17.7 Å². The third-order valence-electron chi connectivity index (χ3n) is 5.94. The van der Waals surface area contributed by atoms with Crippen molar-refractivity contribution < 1.29 is 22.3 Å². The molecule has 0 aliphatic rings. The molecule has 0 aliphatic heterocycles. The van der Waals surface area contributed by atoms with Gasteiger partial charge in [0.1, 0.15) is 0 Å². The SMILES string of the molecule is Cc1c(-c2nnc(C(C)(C)Oc3ccc(C(F)(F)F)cn3)o2)nn(-c2ccc(Cl)cc2Cl)c1-c1ccc(Cl)cc1. The van der Waals surface area contributed by atoms with Gasteiger partial charge in [-0.05, 0) is 57.2 Å². The Bertz CT molecular complexity index is 1680. The van der Waals surface area contributed by atoms with Crippen molar-refractivity contribution >= 4 is 34.8 Å². The van der Waals surface area contributed by atoms with E-state index in [1.807, 2.05) is 19.1 Å². The van der Waals surface area contributed by atoms with Crippen LogP contribution in [0, 0.1) is 6.92 Å². The largest absolute Gasteiger partial charge is 0.462 e. The van der Waals surface area contributed by atoms with E-state index in [4.69, 9.17) is 49.1 Å². The molecule has 0 amide bonds. The van der Waals surface area contributed by atoms with Gasteiger partial charge in [-0.1, -0.05) is 46.9 Å². The molecule has 7 nitrogen and oxygen atoms in total. The molecule has 0 saturated carbocycles. The predicted octanol–water partition coefficient (Wildman–Crippen LogP) is 8.59. The van der Waals surface area contributed by atoms with E-state index in [0.29, 0.717) is 43.9 Å². The van der Waals surface area contributed by atoms with E-state index < -0.39 is 17.3 Å². The molecule has 5 aromatic rings. The fraction of sp³-hybridized carbons (Fsp3) is 0.185. The van der Waals surface area contributed by atoms with E-state index in [9.17, 15) is 13.2 Å². The van der Waals surface area contributed by atoms with Gasteiger partial charge in [0.15, 0.2) is 11.3 Å². The van der Waals surface area contributed by atoms with E-state index in [1.165, 1.54) is 0 Å². The van der Waals surface area contributed by atoms with E-state index in [2.05, 4.69) is 15.2 Å². The highest BCUT2D eigenvalue weighted by molar-refractivity contribution is 6.35. The van der Waals surface area contributed by atoms with Crippen LogP contribution in [0.5, 0.6) is 5.88 Å². The smallest absolute Gasteiger partial charge is 0.417 e. The summed E-state index contributed by atoms with van der Waals surface area (Å²) in [5.74, 6) is 0.125. The molecule has 206 valence electrons. The Morgan fingerprint density at radius 3 is 2.23 bits per heavy atom. The first-order chi connectivity index (χ1) is 18.8. The first-order valence-electron chi connectivity index (χ1n) is 11.7. The molecule has 0 saturated heterocycles. The molecular weight excluding hydrogens is 590 g/mol. The molecule has 0 atom stereocenters. The summed E-state index contributed by atoms with van der Waals surface area (Å²) in [6, 6.07) is 14.3. The Kier molecular flexibility index (Phi) is 7.28. The van der Waals surface area contributed by atoms with Crippen molar-refractivity contribution in [2.24, 2.45) is 0 Å². The predicted molar refractivity (Wildman–Crippen MR) is 145 cm³/mol. The number of alkyl halides is 3. The normalized spacial score (nSPS) is 12.1. The third-order valence-corrected chi connectivity index (χ3v) is 6.73. The monoisotopic (exact) mass is 607 g/mol. The lowest BCUT2D eigenvalue weighted by Gasteiger charge is -2.21. The van der Waals surface area contributed by atoms with Crippen molar-refractivity contribution in [1.29, 1.82) is 0 Å². The average molecular weight is 609 g/mol. The highest BCUT2D eigenvalue weighted by Gasteiger charge is 2.34. The molecule has 5 rings (SSSR count). The minimum absolute atomic E-state index is 0.0411. The number of pyridine rings is 1. The summed E-state index contributed by atoms with van der Waals surface area (Å²) in [6.07, 6.45) is -3.81. The zero-order valence-corrected chi connectivity index (χ0v) is 23.4. The quantitative estimate of drug-likeness (QED) is 0.192. The van der Waals surface area contributed by atoms with Gasteiger partial charge in [-0.15, -0.1) is 10.2 Å². The third kappa shape index (κ3) is 5.52. The zero-order valence-electron chi connectivity index (χ0n) is 21.1. The molecule has 0 radical (unpaired) electrons. The fourth-order valence-electron chi connectivity index (χ4n) is 3.95. The van der Waals surface area contributed by atoms with Gasteiger partial charge in [0.05, 0.1) is 22.0 Å². The van der Waals surface area contributed by atoms with E-state index in [0.717, 1.165) is 17.7 Å². The standard InChI is InChI=1S/C27H19Cl3F3N5O2/c1-14-22(24-35-36-25(39-24)26(2,3)40-21-11-6-16(13-34-21)27(31,32)33)37-38(20-10-9-18(29)12-19(20)30)23(14)15-4-7-17(28)8-5-15/h4-13H,1-3H3. The topological polar surface area (TPSA) is 78.9 Å². The van der Waals surface area contributed by atoms with Crippen LogP contribution >= 0.6 is 34.8 Å². The summed E-state index contributed by atoms with van der Waals surface area (Å²) < 4.78 is 52.1. The van der Waals surface area contributed by atoms with Crippen LogP contribution in [0.15, 0.2) is 65.2 Å². The molecule has 3 heterocycles. The molecule has 2 aromatic carbocycles. The van der Waals surface area contributed by atoms with Gasteiger partial charge in [0.2, 0.25) is 5.88 Å². The highest BCUT2D eigenvalue weighted by atomic mass is 35.5. The Morgan fingerprint density at radius 2 is 1.60 bits per heavy atom. The van der Waals surface area contributed by atoms with Crippen LogP contribution in [-0.2, 0) is 11.8 Å². The maximum absolute atomic E-state index is 12.9. The molecule has 0 bridgehead atoms. The van der Waals surface area contributed by atoms with Crippen LogP contribution in [0.25, 0.3) is 28.5 Å². The van der Waals surface area contributed by atoms with Crippen LogP contribution < -0.4 is 4.74 Å². The van der Waals surface area contributed by atoms with Gasteiger partial charge in [0.25, 0.3) is 11.8 Å². The molecule has 40 heavy (non-hydrogen) atoms. The summed E-state index contributed by atoms with van der Waals surface area (Å²) in [6.45, 7) is 5.10. The number of nitrogens with zero attached hydrogens (tertiary/aromatic N) is 5. The Hall–Kier alpha value is -3.60.